The molecule has 1 amide bonds. The molecule has 0 spiro atoms. The fourth-order valence-corrected chi connectivity index (χ4v) is 3.89. The summed E-state index contributed by atoms with van der Waals surface area (Å²) < 4.78 is 5.17. The van der Waals surface area contributed by atoms with Crippen LogP contribution in [0.2, 0.25) is 0 Å². The van der Waals surface area contributed by atoms with E-state index in [-0.39, 0.29) is 23.9 Å². The van der Waals surface area contributed by atoms with Crippen molar-refractivity contribution < 1.29 is 14.4 Å². The average molecular weight is 350 g/mol. The Hall–Kier alpha value is -1.47. The molecule has 1 aliphatic carbocycles. The normalized spacial score (nSPS) is 27.8. The van der Waals surface area contributed by atoms with Crippen molar-refractivity contribution in [2.45, 2.75) is 82.9 Å². The first-order valence-corrected chi connectivity index (χ1v) is 9.58. The van der Waals surface area contributed by atoms with Gasteiger partial charge in [0.05, 0.1) is 12.1 Å². The van der Waals surface area contributed by atoms with Crippen LogP contribution in [-0.2, 0) is 11.2 Å². The average Bonchev–Trinajstić information content (AvgIpc) is 3.26. The Bertz CT molecular complexity index is 568. The van der Waals surface area contributed by atoms with Crippen LogP contribution in [0.1, 0.15) is 70.0 Å². The molecular weight excluding hydrogens is 320 g/mol. The standard InChI is InChI=1S/C18H30N4O3/c1-12(2)18-20-16(25-21-18)9-8-15(23)19-13-6-5-7-14(17(13)24)22-10-3-4-11-22/h12-14,17,24H,3-11H2,1-2H3,(H,19,23)/t13-,14-,17-/m1/s1. The molecule has 2 aliphatic rings. The van der Waals surface area contributed by atoms with E-state index in [2.05, 4.69) is 20.4 Å². The quantitative estimate of drug-likeness (QED) is 0.810. The number of likely N-dealkylation sites (tertiary alicyclic amines) is 1. The molecular formula is C18H30N4O3. The first kappa shape index (κ1) is 18.3. The molecule has 1 saturated carbocycles. The Kier molecular flexibility index (Phi) is 6.06. The van der Waals surface area contributed by atoms with Gasteiger partial charge >= 0.3 is 0 Å². The van der Waals surface area contributed by atoms with Crippen LogP contribution in [0.3, 0.4) is 0 Å². The van der Waals surface area contributed by atoms with Crippen LogP contribution >= 0.6 is 0 Å². The molecule has 25 heavy (non-hydrogen) atoms. The van der Waals surface area contributed by atoms with Gasteiger partial charge in [-0.25, -0.2) is 0 Å². The minimum atomic E-state index is -0.480. The lowest BCUT2D eigenvalue weighted by Gasteiger charge is -2.40. The molecule has 3 rings (SSSR count). The molecule has 0 aromatic carbocycles. The van der Waals surface area contributed by atoms with Crippen LogP contribution in [0, 0.1) is 0 Å². The first-order chi connectivity index (χ1) is 12.0. The van der Waals surface area contributed by atoms with Gasteiger partial charge in [0.25, 0.3) is 0 Å². The number of hydrogen-bond donors (Lipinski definition) is 2. The van der Waals surface area contributed by atoms with Gasteiger partial charge in [-0.3, -0.25) is 9.69 Å². The Balaban J connectivity index is 1.47. The van der Waals surface area contributed by atoms with Gasteiger partial charge in [0.15, 0.2) is 5.82 Å². The minimum absolute atomic E-state index is 0.0598. The van der Waals surface area contributed by atoms with Crippen LogP contribution in [0.5, 0.6) is 0 Å². The summed E-state index contributed by atoms with van der Waals surface area (Å²) in [6.07, 6.45) is 5.59. The van der Waals surface area contributed by atoms with Crippen LogP contribution < -0.4 is 5.32 Å². The summed E-state index contributed by atoms with van der Waals surface area (Å²) >= 11 is 0. The van der Waals surface area contributed by atoms with Crippen LogP contribution in [0.25, 0.3) is 0 Å². The highest BCUT2D eigenvalue weighted by molar-refractivity contribution is 5.76. The Morgan fingerprint density at radius 2 is 2.08 bits per heavy atom. The lowest BCUT2D eigenvalue weighted by Crippen LogP contribution is -2.56. The van der Waals surface area contributed by atoms with Gasteiger partial charge in [-0.2, -0.15) is 4.98 Å². The fourth-order valence-electron chi connectivity index (χ4n) is 3.89. The molecule has 140 valence electrons. The lowest BCUT2D eigenvalue weighted by molar-refractivity contribution is -0.123. The van der Waals surface area contributed by atoms with Crippen molar-refractivity contribution in [3.05, 3.63) is 11.7 Å². The molecule has 0 radical (unpaired) electrons. The molecule has 1 aliphatic heterocycles. The van der Waals surface area contributed by atoms with Gasteiger partial charge in [-0.1, -0.05) is 19.0 Å². The topological polar surface area (TPSA) is 91.5 Å². The molecule has 2 fully saturated rings. The van der Waals surface area contributed by atoms with E-state index in [0.717, 1.165) is 32.4 Å². The van der Waals surface area contributed by atoms with Gasteiger partial charge in [0.2, 0.25) is 11.8 Å². The van der Waals surface area contributed by atoms with Gasteiger partial charge in [0, 0.05) is 24.8 Å². The monoisotopic (exact) mass is 350 g/mol. The summed E-state index contributed by atoms with van der Waals surface area (Å²) in [5.41, 5.74) is 0. The van der Waals surface area contributed by atoms with Gasteiger partial charge in [-0.15, -0.1) is 0 Å². The van der Waals surface area contributed by atoms with Crippen molar-refractivity contribution in [3.8, 4) is 0 Å². The molecule has 1 saturated heterocycles. The van der Waals surface area contributed by atoms with Gasteiger partial charge in [0.1, 0.15) is 0 Å². The second-order valence-corrected chi connectivity index (χ2v) is 7.61. The van der Waals surface area contributed by atoms with E-state index < -0.39 is 6.10 Å². The predicted molar refractivity (Wildman–Crippen MR) is 93.1 cm³/mol. The SMILES string of the molecule is CC(C)c1noc(CCC(=O)N[C@@H]2CCC[C@@H](N3CCCC3)[C@@H]2O)n1. The number of aliphatic hydroxyl groups excluding tert-OH is 1. The van der Waals surface area contributed by atoms with Crippen molar-refractivity contribution in [1.29, 1.82) is 0 Å². The molecule has 0 bridgehead atoms. The number of aryl methyl sites for hydroxylation is 1. The number of hydrogen-bond acceptors (Lipinski definition) is 6. The number of aliphatic hydroxyl groups is 1. The van der Waals surface area contributed by atoms with Crippen molar-refractivity contribution in [2.24, 2.45) is 0 Å². The van der Waals surface area contributed by atoms with Crippen molar-refractivity contribution >= 4 is 5.91 Å². The van der Waals surface area contributed by atoms with Crippen LogP contribution in [-0.4, -0.2) is 57.3 Å². The number of rotatable bonds is 6. The predicted octanol–water partition coefficient (Wildman–Crippen LogP) is 1.62. The zero-order chi connectivity index (χ0) is 17.8. The third-order valence-electron chi connectivity index (χ3n) is 5.34. The highest BCUT2D eigenvalue weighted by Crippen LogP contribution is 2.26. The van der Waals surface area contributed by atoms with Gasteiger partial charge in [-0.05, 0) is 45.2 Å². The number of carbonyl (C=O) groups is 1. The van der Waals surface area contributed by atoms with E-state index in [1.165, 1.54) is 12.8 Å². The summed E-state index contributed by atoms with van der Waals surface area (Å²) in [7, 11) is 0. The number of aromatic nitrogens is 2. The second-order valence-electron chi connectivity index (χ2n) is 7.61. The van der Waals surface area contributed by atoms with Crippen LogP contribution in [0.4, 0.5) is 0 Å². The molecule has 2 heterocycles. The van der Waals surface area contributed by atoms with Crippen molar-refractivity contribution in [1.82, 2.24) is 20.4 Å². The zero-order valence-electron chi connectivity index (χ0n) is 15.3. The number of carbonyl (C=O) groups excluding carboxylic acids is 1. The second kappa shape index (κ2) is 8.27. The number of nitrogens with one attached hydrogen (secondary N) is 1. The first-order valence-electron chi connectivity index (χ1n) is 9.58. The highest BCUT2D eigenvalue weighted by Gasteiger charge is 2.36. The van der Waals surface area contributed by atoms with Crippen molar-refractivity contribution in [3.63, 3.8) is 0 Å². The van der Waals surface area contributed by atoms with Crippen LogP contribution in [0.15, 0.2) is 4.52 Å². The molecule has 1 aromatic heterocycles. The van der Waals surface area contributed by atoms with E-state index >= 15 is 0 Å². The maximum Gasteiger partial charge on any atom is 0.227 e. The summed E-state index contributed by atoms with van der Waals surface area (Å²) in [4.78, 5) is 19.0. The van der Waals surface area contributed by atoms with E-state index in [4.69, 9.17) is 4.52 Å². The molecule has 7 heteroatoms. The smallest absolute Gasteiger partial charge is 0.227 e. The molecule has 1 aromatic rings. The zero-order valence-corrected chi connectivity index (χ0v) is 15.3. The van der Waals surface area contributed by atoms with E-state index in [1.54, 1.807) is 0 Å². The van der Waals surface area contributed by atoms with E-state index in [0.29, 0.717) is 24.6 Å². The molecule has 3 atom stereocenters. The molecule has 2 N–H and O–H groups in total. The Labute approximate surface area is 149 Å². The summed E-state index contributed by atoms with van der Waals surface area (Å²) in [6.45, 7) is 6.14. The summed E-state index contributed by atoms with van der Waals surface area (Å²) in [5, 5.41) is 17.6. The molecule has 7 nitrogen and oxygen atoms in total. The third kappa shape index (κ3) is 4.58. The lowest BCUT2D eigenvalue weighted by atomic mass is 9.87. The van der Waals surface area contributed by atoms with Gasteiger partial charge < -0.3 is 14.9 Å². The Morgan fingerprint density at radius 3 is 2.76 bits per heavy atom. The number of amides is 1. The minimum Gasteiger partial charge on any atom is -0.389 e. The Morgan fingerprint density at radius 1 is 1.32 bits per heavy atom. The highest BCUT2D eigenvalue weighted by atomic mass is 16.5. The number of nitrogens with zero attached hydrogens (tertiary/aromatic N) is 3. The third-order valence-corrected chi connectivity index (χ3v) is 5.34. The summed E-state index contributed by atoms with van der Waals surface area (Å²) in [5.74, 6) is 1.33. The maximum atomic E-state index is 12.3. The summed E-state index contributed by atoms with van der Waals surface area (Å²) in [6, 6.07) is 0.0341. The van der Waals surface area contributed by atoms with E-state index in [1.807, 2.05) is 13.8 Å². The maximum absolute atomic E-state index is 12.3. The van der Waals surface area contributed by atoms with Crippen molar-refractivity contribution in [2.75, 3.05) is 13.1 Å². The fraction of sp³-hybridized carbons (Fsp3) is 0.833. The largest absolute Gasteiger partial charge is 0.389 e. The van der Waals surface area contributed by atoms with E-state index in [9.17, 15) is 9.90 Å². The molecule has 0 unspecified atom stereocenters.